The number of carbonyl (C=O) groups is 2. The van der Waals surface area contributed by atoms with Crippen LogP contribution in [-0.2, 0) is 11.2 Å². The summed E-state index contributed by atoms with van der Waals surface area (Å²) in [5.74, 6) is -0.326. The van der Waals surface area contributed by atoms with Crippen LogP contribution in [0.15, 0.2) is 42.5 Å². The van der Waals surface area contributed by atoms with E-state index in [9.17, 15) is 14.0 Å². The maximum Gasteiger partial charge on any atom is 0.247 e. The summed E-state index contributed by atoms with van der Waals surface area (Å²) in [5.41, 5.74) is 3.21. The number of rotatable bonds is 5. The van der Waals surface area contributed by atoms with Gasteiger partial charge in [0.05, 0.1) is 0 Å². The van der Waals surface area contributed by atoms with E-state index in [0.29, 0.717) is 12.0 Å². The third kappa shape index (κ3) is 3.62. The summed E-state index contributed by atoms with van der Waals surface area (Å²) < 4.78 is 13.3. The molecule has 2 aromatic rings. The third-order valence-electron chi connectivity index (χ3n) is 4.96. The van der Waals surface area contributed by atoms with E-state index < -0.39 is 6.04 Å². The molecule has 1 unspecified atom stereocenters. The van der Waals surface area contributed by atoms with Crippen LogP contribution in [0.3, 0.4) is 0 Å². The topological polar surface area (TPSA) is 58.2 Å². The van der Waals surface area contributed by atoms with Crippen molar-refractivity contribution in [3.63, 3.8) is 0 Å². The van der Waals surface area contributed by atoms with Crippen LogP contribution in [-0.4, -0.2) is 17.7 Å². The van der Waals surface area contributed by atoms with Gasteiger partial charge in [0.15, 0.2) is 5.78 Å². The fourth-order valence-electron chi connectivity index (χ4n) is 3.35. The van der Waals surface area contributed by atoms with Gasteiger partial charge in [-0.15, -0.1) is 0 Å². The lowest BCUT2D eigenvalue weighted by Crippen LogP contribution is -2.35. The van der Waals surface area contributed by atoms with Gasteiger partial charge in [-0.1, -0.05) is 18.2 Å². The molecule has 2 N–H and O–H groups in total. The predicted molar refractivity (Wildman–Crippen MR) is 97.6 cm³/mol. The van der Waals surface area contributed by atoms with Crippen LogP contribution >= 0.6 is 0 Å². The zero-order chi connectivity index (χ0) is 18.1. The Bertz CT molecular complexity index is 844. The van der Waals surface area contributed by atoms with Gasteiger partial charge in [-0.2, -0.15) is 0 Å². The molecule has 2 aliphatic carbocycles. The number of aryl methyl sites for hydroxylation is 1. The predicted octanol–water partition coefficient (Wildman–Crippen LogP) is 3.78. The molecule has 2 aromatic carbocycles. The average Bonchev–Trinajstić information content (AvgIpc) is 3.45. The molecule has 5 heteroatoms. The number of hydrogen-bond acceptors (Lipinski definition) is 3. The van der Waals surface area contributed by atoms with E-state index in [2.05, 4.69) is 10.6 Å². The maximum atomic E-state index is 13.3. The van der Waals surface area contributed by atoms with E-state index in [4.69, 9.17) is 0 Å². The van der Waals surface area contributed by atoms with Crippen molar-refractivity contribution in [1.82, 2.24) is 5.32 Å². The van der Waals surface area contributed by atoms with Crippen molar-refractivity contribution < 1.29 is 14.0 Å². The highest BCUT2D eigenvalue weighted by molar-refractivity contribution is 5.99. The molecular formula is C21H21FN2O2. The number of carbonyl (C=O) groups excluding carboxylic acids is 2. The summed E-state index contributed by atoms with van der Waals surface area (Å²) in [7, 11) is 0. The van der Waals surface area contributed by atoms with Crippen LogP contribution in [0.5, 0.6) is 0 Å². The first kappa shape index (κ1) is 16.8. The highest BCUT2D eigenvalue weighted by atomic mass is 19.1. The summed E-state index contributed by atoms with van der Waals surface area (Å²) >= 11 is 0. The van der Waals surface area contributed by atoms with Crippen molar-refractivity contribution in [2.24, 2.45) is 0 Å². The Morgan fingerprint density at radius 3 is 2.58 bits per heavy atom. The lowest BCUT2D eigenvalue weighted by molar-refractivity contribution is -0.122. The second-order valence-electron chi connectivity index (χ2n) is 7.06. The number of halogens is 1. The molecule has 0 saturated heterocycles. The molecule has 1 fully saturated rings. The molecule has 134 valence electrons. The quantitative estimate of drug-likeness (QED) is 0.861. The largest absolute Gasteiger partial charge is 0.370 e. The second kappa shape index (κ2) is 6.90. The minimum atomic E-state index is -0.632. The van der Waals surface area contributed by atoms with Crippen molar-refractivity contribution in [2.45, 2.75) is 44.2 Å². The van der Waals surface area contributed by atoms with Gasteiger partial charge >= 0.3 is 0 Å². The van der Waals surface area contributed by atoms with Crippen LogP contribution in [0, 0.1) is 5.82 Å². The zero-order valence-electron chi connectivity index (χ0n) is 14.4. The van der Waals surface area contributed by atoms with Gasteiger partial charge in [0.2, 0.25) is 5.91 Å². The molecule has 1 atom stereocenters. The van der Waals surface area contributed by atoms with Crippen molar-refractivity contribution >= 4 is 17.4 Å². The molecule has 0 bridgehead atoms. The van der Waals surface area contributed by atoms with E-state index in [-0.39, 0.29) is 23.5 Å². The normalized spacial score (nSPS) is 17.3. The zero-order valence-corrected chi connectivity index (χ0v) is 14.4. The van der Waals surface area contributed by atoms with Crippen molar-refractivity contribution in [3.8, 4) is 0 Å². The molecule has 0 radical (unpaired) electrons. The summed E-state index contributed by atoms with van der Waals surface area (Å²) in [6.45, 7) is 0. The fraction of sp³-hybridized carbons (Fsp3) is 0.333. The molecule has 0 spiro atoms. The Labute approximate surface area is 151 Å². The molecule has 0 heterocycles. The summed E-state index contributed by atoms with van der Waals surface area (Å²) in [6.07, 6.45) is 4.36. The van der Waals surface area contributed by atoms with Gasteiger partial charge in [0, 0.05) is 23.7 Å². The number of amides is 1. The first-order valence-electron chi connectivity index (χ1n) is 9.08. The lowest BCUT2D eigenvalue weighted by atomic mass is 9.90. The molecule has 0 aromatic heterocycles. The first-order chi connectivity index (χ1) is 12.6. The Kier molecular flexibility index (Phi) is 4.45. The molecule has 4 rings (SSSR count). The van der Waals surface area contributed by atoms with E-state index in [1.54, 1.807) is 12.1 Å². The van der Waals surface area contributed by atoms with Crippen LogP contribution in [0.4, 0.5) is 10.1 Å². The maximum absolute atomic E-state index is 13.3. The molecule has 0 aliphatic heterocycles. The number of benzene rings is 2. The van der Waals surface area contributed by atoms with E-state index in [1.807, 2.05) is 18.2 Å². The summed E-state index contributed by atoms with van der Waals surface area (Å²) in [6, 6.07) is 11.2. The molecule has 26 heavy (non-hydrogen) atoms. The summed E-state index contributed by atoms with van der Waals surface area (Å²) in [5, 5.41) is 6.23. The van der Waals surface area contributed by atoms with Crippen LogP contribution in [0.25, 0.3) is 0 Å². The fourth-order valence-corrected chi connectivity index (χ4v) is 3.35. The van der Waals surface area contributed by atoms with Gasteiger partial charge in [-0.25, -0.2) is 4.39 Å². The van der Waals surface area contributed by atoms with E-state index >= 15 is 0 Å². The summed E-state index contributed by atoms with van der Waals surface area (Å²) in [4.78, 5) is 24.9. The highest BCUT2D eigenvalue weighted by Gasteiger charge is 2.29. The lowest BCUT2D eigenvalue weighted by Gasteiger charge is -2.22. The SMILES string of the molecule is O=C1CCCc2ccc(NC(C(=O)NC3CC3)c3ccc(F)cc3)cc21. The van der Waals surface area contributed by atoms with Crippen molar-refractivity contribution in [1.29, 1.82) is 0 Å². The van der Waals surface area contributed by atoms with E-state index in [0.717, 1.165) is 42.5 Å². The molecule has 1 amide bonds. The number of anilines is 1. The molecule has 2 aliphatic rings. The Morgan fingerprint density at radius 2 is 1.85 bits per heavy atom. The van der Waals surface area contributed by atoms with Gasteiger partial charge in [0.1, 0.15) is 11.9 Å². The molecule has 4 nitrogen and oxygen atoms in total. The number of hydrogen-bond donors (Lipinski definition) is 2. The molecule has 1 saturated carbocycles. The van der Waals surface area contributed by atoms with Gasteiger partial charge in [-0.3, -0.25) is 9.59 Å². The Balaban J connectivity index is 1.61. The standard InChI is InChI=1S/C21H21FN2O2/c22-15-7-4-14(5-8-15)20(21(26)24-16-10-11-16)23-17-9-6-13-2-1-3-19(25)18(13)12-17/h4-9,12,16,20,23H,1-3,10-11H2,(H,24,26). The minimum Gasteiger partial charge on any atom is -0.370 e. The third-order valence-corrected chi connectivity index (χ3v) is 4.96. The van der Waals surface area contributed by atoms with Gasteiger partial charge < -0.3 is 10.6 Å². The number of Topliss-reactive ketones (excluding diaryl/α,β-unsaturated/α-hetero) is 1. The average molecular weight is 352 g/mol. The van der Waals surface area contributed by atoms with Crippen LogP contribution < -0.4 is 10.6 Å². The van der Waals surface area contributed by atoms with Crippen molar-refractivity contribution in [2.75, 3.05) is 5.32 Å². The number of nitrogens with one attached hydrogen (secondary N) is 2. The van der Waals surface area contributed by atoms with Gasteiger partial charge in [-0.05, 0) is 61.1 Å². The molecular weight excluding hydrogens is 331 g/mol. The van der Waals surface area contributed by atoms with Crippen LogP contribution in [0.1, 0.15) is 53.2 Å². The van der Waals surface area contributed by atoms with Crippen LogP contribution in [0.2, 0.25) is 0 Å². The van der Waals surface area contributed by atoms with Crippen molar-refractivity contribution in [3.05, 3.63) is 65.0 Å². The number of fused-ring (bicyclic) bond motifs is 1. The smallest absolute Gasteiger partial charge is 0.247 e. The first-order valence-corrected chi connectivity index (χ1v) is 9.08. The highest BCUT2D eigenvalue weighted by Crippen LogP contribution is 2.28. The minimum absolute atomic E-state index is 0.136. The second-order valence-corrected chi connectivity index (χ2v) is 7.06. The number of ketones is 1. The Morgan fingerprint density at radius 1 is 1.08 bits per heavy atom. The van der Waals surface area contributed by atoms with E-state index in [1.165, 1.54) is 12.1 Å². The Hall–Kier alpha value is -2.69. The van der Waals surface area contributed by atoms with Gasteiger partial charge in [0.25, 0.3) is 0 Å². The monoisotopic (exact) mass is 352 g/mol.